The van der Waals surface area contributed by atoms with Crippen molar-refractivity contribution in [2.75, 3.05) is 36.1 Å². The highest BCUT2D eigenvalue weighted by Gasteiger charge is 2.26. The lowest BCUT2D eigenvalue weighted by atomic mass is 9.93. The number of ether oxygens (including phenoxy) is 1. The van der Waals surface area contributed by atoms with Crippen molar-refractivity contribution in [1.29, 1.82) is 0 Å². The fourth-order valence-corrected chi connectivity index (χ4v) is 5.78. The first-order valence-electron chi connectivity index (χ1n) is 13.4. The van der Waals surface area contributed by atoms with E-state index in [1.165, 1.54) is 5.56 Å². The molecule has 0 radical (unpaired) electrons. The maximum Gasteiger partial charge on any atom is 0.291 e. The lowest BCUT2D eigenvalue weighted by Crippen LogP contribution is -2.40. The normalized spacial score (nSPS) is 17.1. The van der Waals surface area contributed by atoms with E-state index in [9.17, 15) is 9.59 Å². The number of aromatic nitrogens is 4. The Bertz CT molecular complexity index is 1580. The summed E-state index contributed by atoms with van der Waals surface area (Å²) in [6.07, 6.45) is 3.61. The van der Waals surface area contributed by atoms with Crippen LogP contribution in [0.25, 0.3) is 16.8 Å². The minimum Gasteiger partial charge on any atom is -0.378 e. The first kappa shape index (κ1) is 26.4. The Balaban J connectivity index is 1.14. The molecule has 0 spiro atoms. The number of nitrogens with zero attached hydrogens (tertiary/aromatic N) is 6. The molecule has 0 aliphatic carbocycles. The fraction of sp³-hybridized carbons (Fsp3) is 0.345. The summed E-state index contributed by atoms with van der Waals surface area (Å²) < 4.78 is 7.65. The molecule has 0 bridgehead atoms. The third-order valence-corrected chi connectivity index (χ3v) is 7.86. The minimum atomic E-state index is -0.351. The topological polar surface area (TPSA) is 105 Å². The molecule has 1 atom stereocenters. The number of hydrogen-bond acceptors (Lipinski definition) is 7. The molecule has 11 heteroatoms. The van der Waals surface area contributed by atoms with Crippen LogP contribution in [0.2, 0.25) is 0 Å². The summed E-state index contributed by atoms with van der Waals surface area (Å²) >= 11 is 3.43. The first-order chi connectivity index (χ1) is 19.4. The molecule has 40 heavy (non-hydrogen) atoms. The van der Waals surface area contributed by atoms with Gasteiger partial charge < -0.3 is 19.9 Å². The molecule has 2 amide bonds. The molecule has 1 fully saturated rings. The Kier molecular flexibility index (Phi) is 7.24. The van der Waals surface area contributed by atoms with Crippen molar-refractivity contribution >= 4 is 44.9 Å². The maximum absolute atomic E-state index is 12.9. The van der Waals surface area contributed by atoms with Crippen LogP contribution in [0.1, 0.15) is 42.0 Å². The number of morpholine rings is 1. The summed E-state index contributed by atoms with van der Waals surface area (Å²) in [4.78, 5) is 38.2. The monoisotopic (exact) mass is 603 g/mol. The Hall–Kier alpha value is -3.83. The standard InChI is InChI=1S/C29H30BrN7O3/c1-18-3-6-23-15-22(9-10-24(23)37(18)19(2)38)21-7-4-20(5-8-21)16-31-29(39)26-33-28-27(35-11-13-40-14-12-35)32-25(30)17-36(28)34-26/h4-5,7-10,15,17-18H,3,6,11-14,16H2,1-2H3,(H,31,39)/t18-/m0/s1. The van der Waals surface area contributed by atoms with Crippen LogP contribution in [-0.4, -0.2) is 63.7 Å². The lowest BCUT2D eigenvalue weighted by molar-refractivity contribution is -0.117. The quantitative estimate of drug-likeness (QED) is 0.367. The maximum atomic E-state index is 12.9. The van der Waals surface area contributed by atoms with Crippen molar-refractivity contribution < 1.29 is 14.3 Å². The van der Waals surface area contributed by atoms with Crippen molar-refractivity contribution in [3.8, 4) is 11.1 Å². The van der Waals surface area contributed by atoms with Gasteiger partial charge in [-0.05, 0) is 70.1 Å². The van der Waals surface area contributed by atoms with Gasteiger partial charge in [0, 0.05) is 38.3 Å². The van der Waals surface area contributed by atoms with Crippen LogP contribution in [0.15, 0.2) is 53.3 Å². The van der Waals surface area contributed by atoms with Gasteiger partial charge in [-0.3, -0.25) is 9.59 Å². The summed E-state index contributed by atoms with van der Waals surface area (Å²) in [5.41, 5.74) is 5.90. The van der Waals surface area contributed by atoms with Gasteiger partial charge in [-0.2, -0.15) is 4.98 Å². The second kappa shape index (κ2) is 11.0. The molecule has 2 aliphatic rings. The van der Waals surface area contributed by atoms with Crippen molar-refractivity contribution in [3.05, 3.63) is 70.2 Å². The van der Waals surface area contributed by atoms with Crippen LogP contribution in [-0.2, 0) is 22.5 Å². The molecule has 2 aliphatic heterocycles. The number of nitrogens with one attached hydrogen (secondary N) is 1. The van der Waals surface area contributed by atoms with Gasteiger partial charge in [0.15, 0.2) is 11.5 Å². The second-order valence-electron chi connectivity index (χ2n) is 10.2. The number of hydrogen-bond donors (Lipinski definition) is 1. The van der Waals surface area contributed by atoms with Crippen LogP contribution >= 0.6 is 15.9 Å². The van der Waals surface area contributed by atoms with Crippen molar-refractivity contribution in [1.82, 2.24) is 24.9 Å². The second-order valence-corrected chi connectivity index (χ2v) is 11.0. The summed E-state index contributed by atoms with van der Waals surface area (Å²) in [6.45, 7) is 6.70. The third-order valence-electron chi connectivity index (χ3n) is 7.48. The van der Waals surface area contributed by atoms with Crippen LogP contribution in [0.4, 0.5) is 11.5 Å². The van der Waals surface area contributed by atoms with Gasteiger partial charge in [0.1, 0.15) is 4.60 Å². The Morgan fingerprint density at radius 2 is 1.82 bits per heavy atom. The van der Waals surface area contributed by atoms with E-state index in [1.807, 2.05) is 17.0 Å². The number of rotatable bonds is 5. The summed E-state index contributed by atoms with van der Waals surface area (Å²) in [5, 5.41) is 7.32. The molecule has 10 nitrogen and oxygen atoms in total. The molecular weight excluding hydrogens is 574 g/mol. The van der Waals surface area contributed by atoms with Gasteiger partial charge in [-0.15, -0.1) is 5.10 Å². The molecule has 4 heterocycles. The van der Waals surface area contributed by atoms with E-state index >= 15 is 0 Å². The molecule has 6 rings (SSSR count). The molecule has 206 valence electrons. The Labute approximate surface area is 240 Å². The smallest absolute Gasteiger partial charge is 0.291 e. The van der Waals surface area contributed by atoms with Crippen LogP contribution < -0.4 is 15.1 Å². The Morgan fingerprint density at radius 1 is 1.07 bits per heavy atom. The van der Waals surface area contributed by atoms with E-state index in [0.717, 1.165) is 35.2 Å². The van der Waals surface area contributed by atoms with Crippen LogP contribution in [0, 0.1) is 0 Å². The molecule has 4 aromatic rings. The number of amides is 2. The zero-order valence-corrected chi connectivity index (χ0v) is 24.0. The number of anilines is 2. The number of aryl methyl sites for hydroxylation is 1. The van der Waals surface area contributed by atoms with Crippen LogP contribution in [0.5, 0.6) is 0 Å². The molecule has 2 aromatic carbocycles. The lowest BCUT2D eigenvalue weighted by Gasteiger charge is -2.34. The molecule has 0 saturated carbocycles. The average Bonchev–Trinajstić information content (AvgIpc) is 3.40. The van der Waals surface area contributed by atoms with E-state index in [2.05, 4.69) is 78.5 Å². The van der Waals surface area contributed by atoms with Crippen LogP contribution in [0.3, 0.4) is 0 Å². The molecular formula is C29H30BrN7O3. The first-order valence-corrected chi connectivity index (χ1v) is 14.2. The predicted octanol–water partition coefficient (Wildman–Crippen LogP) is 4.01. The van der Waals surface area contributed by atoms with Gasteiger partial charge in [-0.1, -0.05) is 30.3 Å². The van der Waals surface area contributed by atoms with Gasteiger partial charge in [0.25, 0.3) is 5.91 Å². The van der Waals surface area contributed by atoms with Crippen molar-refractivity contribution in [2.24, 2.45) is 0 Å². The average molecular weight is 605 g/mol. The van der Waals surface area contributed by atoms with E-state index in [1.54, 1.807) is 17.6 Å². The van der Waals surface area contributed by atoms with Crippen molar-refractivity contribution in [2.45, 2.75) is 39.3 Å². The van der Waals surface area contributed by atoms with E-state index in [-0.39, 0.29) is 23.7 Å². The Morgan fingerprint density at radius 3 is 2.58 bits per heavy atom. The zero-order chi connectivity index (χ0) is 27.8. The minimum absolute atomic E-state index is 0.0773. The van der Waals surface area contributed by atoms with E-state index < -0.39 is 0 Å². The number of halogens is 1. The summed E-state index contributed by atoms with van der Waals surface area (Å²) in [5.74, 6) is 0.490. The summed E-state index contributed by atoms with van der Waals surface area (Å²) in [7, 11) is 0. The molecule has 1 N–H and O–H groups in total. The summed E-state index contributed by atoms with van der Waals surface area (Å²) in [6, 6.07) is 14.6. The highest BCUT2D eigenvalue weighted by Crippen LogP contribution is 2.34. The van der Waals surface area contributed by atoms with Crippen molar-refractivity contribution in [3.63, 3.8) is 0 Å². The van der Waals surface area contributed by atoms with Gasteiger partial charge >= 0.3 is 0 Å². The number of benzene rings is 2. The van der Waals surface area contributed by atoms with Gasteiger partial charge in [0.05, 0.1) is 19.4 Å². The third kappa shape index (κ3) is 5.18. The van der Waals surface area contributed by atoms with E-state index in [4.69, 9.17) is 4.74 Å². The fourth-order valence-electron chi connectivity index (χ4n) is 5.42. The number of carbonyl (C=O) groups is 2. The predicted molar refractivity (Wildman–Crippen MR) is 156 cm³/mol. The molecule has 0 unspecified atom stereocenters. The number of carbonyl (C=O) groups excluding carboxylic acids is 2. The highest BCUT2D eigenvalue weighted by molar-refractivity contribution is 9.10. The zero-order valence-electron chi connectivity index (χ0n) is 22.4. The van der Waals surface area contributed by atoms with Gasteiger partial charge in [0.2, 0.25) is 11.7 Å². The molecule has 2 aromatic heterocycles. The molecule has 1 saturated heterocycles. The largest absolute Gasteiger partial charge is 0.378 e. The van der Waals surface area contributed by atoms with E-state index in [0.29, 0.717) is 48.9 Å². The highest BCUT2D eigenvalue weighted by atomic mass is 79.9. The number of fused-ring (bicyclic) bond motifs is 2. The SMILES string of the molecule is CC(=O)N1c2ccc(-c3ccc(CNC(=O)c4nc5c(N6CCOCC6)nc(Br)cn5n4)cc3)cc2CC[C@@H]1C. The van der Waals surface area contributed by atoms with Gasteiger partial charge in [-0.25, -0.2) is 9.50 Å².